The van der Waals surface area contributed by atoms with Gasteiger partial charge in [0.25, 0.3) is 5.91 Å². The van der Waals surface area contributed by atoms with E-state index in [9.17, 15) is 4.79 Å². The Hall–Kier alpha value is -2.30. The smallest absolute Gasteiger partial charge is 0.255 e. The molecule has 0 fully saturated rings. The van der Waals surface area contributed by atoms with Gasteiger partial charge in [-0.3, -0.25) is 4.79 Å². The van der Waals surface area contributed by atoms with Crippen LogP contribution in [0.15, 0.2) is 30.6 Å². The Morgan fingerprint density at radius 3 is 2.89 bits per heavy atom. The molecule has 1 unspecified atom stereocenters. The van der Waals surface area contributed by atoms with Gasteiger partial charge >= 0.3 is 0 Å². The zero-order valence-corrected chi connectivity index (χ0v) is 11.2. The van der Waals surface area contributed by atoms with Gasteiger partial charge in [0.2, 0.25) is 0 Å². The van der Waals surface area contributed by atoms with Gasteiger partial charge in [-0.25, -0.2) is 4.98 Å². The number of aryl methyl sites for hydroxylation is 1. The Bertz CT molecular complexity index is 564. The van der Waals surface area contributed by atoms with E-state index < -0.39 is 0 Å². The lowest BCUT2D eigenvalue weighted by Crippen LogP contribution is -2.27. The Balaban J connectivity index is 2.18. The van der Waals surface area contributed by atoms with E-state index >= 15 is 0 Å². The van der Waals surface area contributed by atoms with Gasteiger partial charge in [-0.15, -0.1) is 0 Å². The highest BCUT2D eigenvalue weighted by Crippen LogP contribution is 2.20. The van der Waals surface area contributed by atoms with Crippen molar-refractivity contribution in [1.29, 1.82) is 0 Å². The second kappa shape index (κ2) is 5.56. The number of imidazole rings is 1. The SMILES string of the molecule is COc1ccc(C)cc1C(=O)NC(C)c1ncc[nH]1. The summed E-state index contributed by atoms with van der Waals surface area (Å²) in [6.45, 7) is 3.81. The molecule has 0 aliphatic heterocycles. The van der Waals surface area contributed by atoms with Crippen LogP contribution in [0.25, 0.3) is 0 Å². The first-order valence-corrected chi connectivity index (χ1v) is 6.06. The molecule has 1 heterocycles. The maximum Gasteiger partial charge on any atom is 0.255 e. The minimum atomic E-state index is -0.187. The zero-order valence-electron chi connectivity index (χ0n) is 11.2. The summed E-state index contributed by atoms with van der Waals surface area (Å²) >= 11 is 0. The van der Waals surface area contributed by atoms with Gasteiger partial charge in [0.15, 0.2) is 0 Å². The van der Waals surface area contributed by atoms with E-state index in [-0.39, 0.29) is 11.9 Å². The molecule has 0 saturated heterocycles. The number of carbonyl (C=O) groups excluding carboxylic acids is 1. The number of carbonyl (C=O) groups is 1. The van der Waals surface area contributed by atoms with Crippen molar-refractivity contribution < 1.29 is 9.53 Å². The fourth-order valence-corrected chi connectivity index (χ4v) is 1.86. The molecule has 1 aromatic carbocycles. The molecule has 5 nitrogen and oxygen atoms in total. The first-order chi connectivity index (χ1) is 9.11. The summed E-state index contributed by atoms with van der Waals surface area (Å²) in [5.74, 6) is 1.11. The quantitative estimate of drug-likeness (QED) is 0.884. The third-order valence-corrected chi connectivity index (χ3v) is 2.88. The van der Waals surface area contributed by atoms with Crippen LogP contribution in [-0.4, -0.2) is 23.0 Å². The number of nitrogens with one attached hydrogen (secondary N) is 2. The summed E-state index contributed by atoms with van der Waals surface area (Å²) in [4.78, 5) is 19.3. The molecule has 5 heteroatoms. The highest BCUT2D eigenvalue weighted by atomic mass is 16.5. The molecule has 1 atom stereocenters. The monoisotopic (exact) mass is 259 g/mol. The minimum Gasteiger partial charge on any atom is -0.496 e. The van der Waals surface area contributed by atoms with Crippen LogP contribution in [0.3, 0.4) is 0 Å². The van der Waals surface area contributed by atoms with Crippen molar-refractivity contribution in [2.24, 2.45) is 0 Å². The highest BCUT2D eigenvalue weighted by Gasteiger charge is 2.16. The molecule has 0 saturated carbocycles. The standard InChI is InChI=1S/C14H17N3O2/c1-9-4-5-12(19-3)11(8-9)14(18)17-10(2)13-15-6-7-16-13/h4-8,10H,1-3H3,(H,15,16)(H,17,18). The molecule has 0 spiro atoms. The highest BCUT2D eigenvalue weighted by molar-refractivity contribution is 5.97. The molecule has 2 N–H and O–H groups in total. The Morgan fingerprint density at radius 1 is 1.47 bits per heavy atom. The molecular formula is C14H17N3O2. The molecule has 0 bridgehead atoms. The van der Waals surface area contributed by atoms with Gasteiger partial charge < -0.3 is 15.0 Å². The van der Waals surface area contributed by atoms with E-state index in [4.69, 9.17) is 4.74 Å². The first-order valence-electron chi connectivity index (χ1n) is 6.06. The van der Waals surface area contributed by atoms with Crippen LogP contribution in [0.5, 0.6) is 5.75 Å². The fraction of sp³-hybridized carbons (Fsp3) is 0.286. The predicted octanol–water partition coefficient (Wildman–Crippen LogP) is 2.22. The second-order valence-corrected chi connectivity index (χ2v) is 4.37. The van der Waals surface area contributed by atoms with Crippen LogP contribution in [-0.2, 0) is 0 Å². The molecule has 2 aromatic rings. The summed E-state index contributed by atoms with van der Waals surface area (Å²) in [7, 11) is 1.55. The van der Waals surface area contributed by atoms with Crippen LogP contribution in [0.2, 0.25) is 0 Å². The van der Waals surface area contributed by atoms with Crippen molar-refractivity contribution in [2.75, 3.05) is 7.11 Å². The van der Waals surface area contributed by atoms with Gasteiger partial charge in [0, 0.05) is 12.4 Å². The van der Waals surface area contributed by atoms with Crippen molar-refractivity contribution in [3.05, 3.63) is 47.5 Å². The summed E-state index contributed by atoms with van der Waals surface area (Å²) in [5, 5.41) is 2.89. The molecule has 0 aliphatic carbocycles. The maximum absolute atomic E-state index is 12.2. The number of aromatic nitrogens is 2. The van der Waals surface area contributed by atoms with Crippen molar-refractivity contribution in [2.45, 2.75) is 19.9 Å². The second-order valence-electron chi connectivity index (χ2n) is 4.37. The van der Waals surface area contributed by atoms with Crippen LogP contribution >= 0.6 is 0 Å². The van der Waals surface area contributed by atoms with Gasteiger partial charge in [-0.1, -0.05) is 11.6 Å². The van der Waals surface area contributed by atoms with Crippen LogP contribution < -0.4 is 10.1 Å². The number of methoxy groups -OCH3 is 1. The van der Waals surface area contributed by atoms with Crippen molar-refractivity contribution >= 4 is 5.91 Å². The number of aromatic amines is 1. The van der Waals surface area contributed by atoms with Crippen LogP contribution in [0, 0.1) is 6.92 Å². The van der Waals surface area contributed by atoms with Crippen molar-refractivity contribution in [3.63, 3.8) is 0 Å². The third kappa shape index (κ3) is 2.93. The molecule has 1 aromatic heterocycles. The van der Waals surface area contributed by atoms with Gasteiger partial charge in [-0.2, -0.15) is 0 Å². The summed E-state index contributed by atoms with van der Waals surface area (Å²) in [6.07, 6.45) is 3.39. The first kappa shape index (κ1) is 13.1. The van der Waals surface area contributed by atoms with Crippen molar-refractivity contribution in [3.8, 4) is 5.75 Å². The average molecular weight is 259 g/mol. The molecule has 0 radical (unpaired) electrons. The number of hydrogen-bond donors (Lipinski definition) is 2. The fourth-order valence-electron chi connectivity index (χ4n) is 1.86. The lowest BCUT2D eigenvalue weighted by Gasteiger charge is -2.14. The lowest BCUT2D eigenvalue weighted by atomic mass is 10.1. The number of amides is 1. The lowest BCUT2D eigenvalue weighted by molar-refractivity contribution is 0.0935. The van der Waals surface area contributed by atoms with Crippen LogP contribution in [0.4, 0.5) is 0 Å². The van der Waals surface area contributed by atoms with Gasteiger partial charge in [0.05, 0.1) is 18.7 Å². The van der Waals surface area contributed by atoms with Gasteiger partial charge in [-0.05, 0) is 26.0 Å². The molecule has 1 amide bonds. The number of nitrogens with zero attached hydrogens (tertiary/aromatic N) is 1. The molecule has 2 rings (SSSR count). The predicted molar refractivity (Wildman–Crippen MR) is 72.2 cm³/mol. The number of ether oxygens (including phenoxy) is 1. The topological polar surface area (TPSA) is 67.0 Å². The zero-order chi connectivity index (χ0) is 13.8. The summed E-state index contributed by atoms with van der Waals surface area (Å²) in [6, 6.07) is 5.32. The van der Waals surface area contributed by atoms with Gasteiger partial charge in [0.1, 0.15) is 11.6 Å². The van der Waals surface area contributed by atoms with E-state index in [1.807, 2.05) is 26.0 Å². The molecule has 100 valence electrons. The minimum absolute atomic E-state index is 0.176. The van der Waals surface area contributed by atoms with E-state index in [1.165, 1.54) is 0 Å². The normalized spacial score (nSPS) is 11.9. The number of benzene rings is 1. The number of hydrogen-bond acceptors (Lipinski definition) is 3. The Morgan fingerprint density at radius 2 is 2.26 bits per heavy atom. The van der Waals surface area contributed by atoms with E-state index in [1.54, 1.807) is 25.6 Å². The Labute approximate surface area is 112 Å². The van der Waals surface area contributed by atoms with E-state index in [2.05, 4.69) is 15.3 Å². The van der Waals surface area contributed by atoms with E-state index in [0.717, 1.165) is 11.4 Å². The maximum atomic E-state index is 12.2. The third-order valence-electron chi connectivity index (χ3n) is 2.88. The van der Waals surface area contributed by atoms with Crippen LogP contribution in [0.1, 0.15) is 34.7 Å². The molecule has 0 aliphatic rings. The summed E-state index contributed by atoms with van der Waals surface area (Å²) in [5.41, 5.74) is 1.54. The number of H-pyrrole nitrogens is 1. The number of rotatable bonds is 4. The average Bonchev–Trinajstić information content (AvgIpc) is 2.92. The summed E-state index contributed by atoms with van der Waals surface area (Å²) < 4.78 is 5.21. The largest absolute Gasteiger partial charge is 0.496 e. The Kier molecular flexibility index (Phi) is 3.85. The van der Waals surface area contributed by atoms with Crippen molar-refractivity contribution in [1.82, 2.24) is 15.3 Å². The van der Waals surface area contributed by atoms with E-state index in [0.29, 0.717) is 11.3 Å². The molecule has 19 heavy (non-hydrogen) atoms. The molecular weight excluding hydrogens is 242 g/mol.